The number of hydrogen-bond donors (Lipinski definition) is 0. The molecule has 14 heavy (non-hydrogen) atoms. The van der Waals surface area contributed by atoms with E-state index in [-0.39, 0.29) is 0 Å². The number of hydrogen-bond acceptors (Lipinski definition) is 1. The molecule has 0 radical (unpaired) electrons. The molecular weight excluding hydrogens is 177 g/mol. The summed E-state index contributed by atoms with van der Waals surface area (Å²) in [6.45, 7) is -0.450. The predicted octanol–water partition coefficient (Wildman–Crippen LogP) is 3.22. The number of benzene rings is 1. The first-order chi connectivity index (χ1) is 6.90. The molecule has 1 heterocycles. The van der Waals surface area contributed by atoms with Gasteiger partial charge < -0.3 is 0 Å². The molecule has 0 spiro atoms. The monoisotopic (exact) mass is 187 g/mol. The highest BCUT2D eigenvalue weighted by Crippen LogP contribution is 2.12. The topological polar surface area (TPSA) is 12.9 Å². The Hall–Kier alpha value is -1.70. The zero-order valence-corrected chi connectivity index (χ0v) is 7.65. The Morgan fingerprint density at radius 2 is 2.00 bits per heavy atom. The third kappa shape index (κ3) is 1.79. The van der Waals surface area contributed by atoms with E-state index in [2.05, 4.69) is 4.98 Å². The Morgan fingerprint density at radius 1 is 1.14 bits per heavy atom. The summed E-state index contributed by atoms with van der Waals surface area (Å²) in [5.74, 6) is 0. The van der Waals surface area contributed by atoms with Crippen molar-refractivity contribution in [1.82, 2.24) is 4.98 Å². The first-order valence-corrected chi connectivity index (χ1v) is 4.48. The van der Waals surface area contributed by atoms with Crippen molar-refractivity contribution in [2.24, 2.45) is 0 Å². The highest BCUT2D eigenvalue weighted by Gasteiger charge is 1.93. The molecule has 0 saturated carbocycles. The molecule has 1 aromatic carbocycles. The first-order valence-electron chi connectivity index (χ1n) is 4.48. The maximum Gasteiger partial charge on any atom is 0.108 e. The van der Waals surface area contributed by atoms with Crippen molar-refractivity contribution < 1.29 is 4.39 Å². The Bertz CT molecular complexity index is 463. The van der Waals surface area contributed by atoms with Crippen LogP contribution in [0.1, 0.15) is 5.69 Å². The number of para-hydroxylation sites is 1. The highest BCUT2D eigenvalue weighted by atomic mass is 19.1. The van der Waals surface area contributed by atoms with Crippen LogP contribution in [0.25, 0.3) is 17.0 Å². The minimum Gasteiger partial charge on any atom is -0.248 e. The number of nitrogens with zero attached hydrogens (tertiary/aromatic N) is 1. The van der Waals surface area contributed by atoms with Crippen molar-refractivity contribution >= 4 is 17.0 Å². The molecule has 1 nitrogen and oxygen atoms in total. The van der Waals surface area contributed by atoms with E-state index in [0.717, 1.165) is 16.6 Å². The molecule has 2 rings (SSSR count). The van der Waals surface area contributed by atoms with Gasteiger partial charge >= 0.3 is 0 Å². The zero-order chi connectivity index (χ0) is 9.80. The number of fused-ring (bicyclic) bond motifs is 1. The largest absolute Gasteiger partial charge is 0.248 e. The maximum atomic E-state index is 11.9. The molecule has 0 fully saturated rings. The van der Waals surface area contributed by atoms with Crippen LogP contribution in [0.15, 0.2) is 42.5 Å². The van der Waals surface area contributed by atoms with Gasteiger partial charge in [0.05, 0.1) is 11.2 Å². The van der Waals surface area contributed by atoms with Crippen LogP contribution in [0.5, 0.6) is 0 Å². The standard InChI is InChI=1S/C12H10FN/c13-9-3-5-11-8-7-10-4-1-2-6-12(10)14-11/h1-8H,9H2/b5-3+. The van der Waals surface area contributed by atoms with Crippen LogP contribution >= 0.6 is 0 Å². The fraction of sp³-hybridized carbons (Fsp3) is 0.0833. The molecule has 0 aliphatic rings. The summed E-state index contributed by atoms with van der Waals surface area (Å²) in [6, 6.07) is 11.7. The maximum absolute atomic E-state index is 11.9. The van der Waals surface area contributed by atoms with Crippen LogP contribution in [0.4, 0.5) is 4.39 Å². The molecule has 0 N–H and O–H groups in total. The van der Waals surface area contributed by atoms with Crippen molar-refractivity contribution in [2.45, 2.75) is 0 Å². The van der Waals surface area contributed by atoms with E-state index in [1.165, 1.54) is 6.08 Å². The Kier molecular flexibility index (Phi) is 2.54. The summed E-state index contributed by atoms with van der Waals surface area (Å²) < 4.78 is 11.9. The lowest BCUT2D eigenvalue weighted by Gasteiger charge is -1.97. The lowest BCUT2D eigenvalue weighted by molar-refractivity contribution is 0.563. The molecule has 0 aliphatic heterocycles. The van der Waals surface area contributed by atoms with Gasteiger partial charge in [0.25, 0.3) is 0 Å². The normalized spacial score (nSPS) is 11.2. The van der Waals surface area contributed by atoms with Gasteiger partial charge in [0.1, 0.15) is 6.67 Å². The molecule has 70 valence electrons. The van der Waals surface area contributed by atoms with E-state index in [4.69, 9.17) is 0 Å². The third-order valence-corrected chi connectivity index (χ3v) is 2.00. The average molecular weight is 187 g/mol. The fourth-order valence-electron chi connectivity index (χ4n) is 1.34. The van der Waals surface area contributed by atoms with Crippen LogP contribution in [0.3, 0.4) is 0 Å². The number of aromatic nitrogens is 1. The van der Waals surface area contributed by atoms with Gasteiger partial charge in [-0.1, -0.05) is 30.3 Å². The van der Waals surface area contributed by atoms with Crippen molar-refractivity contribution in [2.75, 3.05) is 6.67 Å². The lowest BCUT2D eigenvalue weighted by atomic mass is 10.2. The number of halogens is 1. The molecule has 0 amide bonds. The van der Waals surface area contributed by atoms with Crippen LogP contribution in [-0.2, 0) is 0 Å². The SMILES string of the molecule is FC/C=C/c1ccc2ccccc2n1. The summed E-state index contributed by atoms with van der Waals surface area (Å²) in [5.41, 5.74) is 1.73. The van der Waals surface area contributed by atoms with Crippen molar-refractivity contribution in [3.8, 4) is 0 Å². The van der Waals surface area contributed by atoms with E-state index in [0.29, 0.717) is 0 Å². The Labute approximate surface area is 81.9 Å². The van der Waals surface area contributed by atoms with E-state index in [1.54, 1.807) is 6.08 Å². The van der Waals surface area contributed by atoms with E-state index in [1.807, 2.05) is 36.4 Å². The molecule has 0 atom stereocenters. The van der Waals surface area contributed by atoms with E-state index < -0.39 is 6.67 Å². The number of rotatable bonds is 2. The van der Waals surface area contributed by atoms with Gasteiger partial charge in [-0.3, -0.25) is 0 Å². The summed E-state index contributed by atoms with van der Waals surface area (Å²) >= 11 is 0. The number of pyridine rings is 1. The van der Waals surface area contributed by atoms with Gasteiger partial charge in [0.15, 0.2) is 0 Å². The summed E-state index contributed by atoms with van der Waals surface area (Å²) in [7, 11) is 0. The van der Waals surface area contributed by atoms with E-state index in [9.17, 15) is 4.39 Å². The van der Waals surface area contributed by atoms with Crippen LogP contribution in [0, 0.1) is 0 Å². The van der Waals surface area contributed by atoms with Gasteiger partial charge in [-0.15, -0.1) is 0 Å². The molecule has 2 heteroatoms. The molecular formula is C12H10FN. The number of allylic oxidation sites excluding steroid dienone is 1. The van der Waals surface area contributed by atoms with Gasteiger partial charge in [-0.05, 0) is 18.2 Å². The smallest absolute Gasteiger partial charge is 0.108 e. The van der Waals surface area contributed by atoms with Crippen LogP contribution in [-0.4, -0.2) is 11.7 Å². The molecule has 1 aromatic heterocycles. The zero-order valence-electron chi connectivity index (χ0n) is 7.65. The minimum atomic E-state index is -0.450. The van der Waals surface area contributed by atoms with Gasteiger partial charge in [0.2, 0.25) is 0 Å². The molecule has 0 unspecified atom stereocenters. The quantitative estimate of drug-likeness (QED) is 0.703. The Morgan fingerprint density at radius 3 is 2.86 bits per heavy atom. The van der Waals surface area contributed by atoms with Gasteiger partial charge in [-0.2, -0.15) is 0 Å². The third-order valence-electron chi connectivity index (χ3n) is 2.00. The summed E-state index contributed by atoms with van der Waals surface area (Å²) in [5, 5.41) is 1.10. The number of alkyl halides is 1. The molecule has 0 saturated heterocycles. The van der Waals surface area contributed by atoms with Crippen molar-refractivity contribution in [3.63, 3.8) is 0 Å². The van der Waals surface area contributed by atoms with E-state index >= 15 is 0 Å². The van der Waals surface area contributed by atoms with Gasteiger partial charge in [0, 0.05) is 5.39 Å². The van der Waals surface area contributed by atoms with Crippen molar-refractivity contribution in [1.29, 1.82) is 0 Å². The second-order valence-electron chi connectivity index (χ2n) is 2.99. The minimum absolute atomic E-state index is 0.450. The van der Waals surface area contributed by atoms with Crippen molar-refractivity contribution in [3.05, 3.63) is 48.2 Å². The second-order valence-corrected chi connectivity index (χ2v) is 2.99. The first kappa shape index (κ1) is 8.88. The second kappa shape index (κ2) is 4.01. The molecule has 2 aromatic rings. The molecule has 0 aliphatic carbocycles. The van der Waals surface area contributed by atoms with Crippen LogP contribution in [0.2, 0.25) is 0 Å². The predicted molar refractivity (Wildman–Crippen MR) is 56.8 cm³/mol. The lowest BCUT2D eigenvalue weighted by Crippen LogP contribution is -1.82. The average Bonchev–Trinajstić information content (AvgIpc) is 2.26. The highest BCUT2D eigenvalue weighted by molar-refractivity contribution is 5.79. The molecule has 0 bridgehead atoms. The summed E-state index contributed by atoms with van der Waals surface area (Å²) in [6.07, 6.45) is 3.14. The van der Waals surface area contributed by atoms with Gasteiger partial charge in [-0.25, -0.2) is 9.37 Å². The summed E-state index contributed by atoms with van der Waals surface area (Å²) in [4.78, 5) is 4.36. The fourth-order valence-corrected chi connectivity index (χ4v) is 1.34. The Balaban J connectivity index is 2.46. The van der Waals surface area contributed by atoms with Crippen LogP contribution < -0.4 is 0 Å².